The Morgan fingerprint density at radius 1 is 0.339 bits per heavy atom. The molecule has 0 radical (unpaired) electrons. The fraction of sp³-hybridized carbons (Fsp3) is 0.0192. The second-order valence-electron chi connectivity index (χ2n) is 14.4. The van der Waals surface area contributed by atoms with Crippen LogP contribution in [0.25, 0.3) is 72.8 Å². The molecule has 10 aromatic rings. The van der Waals surface area contributed by atoms with E-state index < -0.39 is 5.41 Å². The lowest BCUT2D eigenvalue weighted by molar-refractivity contribution is 0.728. The molecule has 0 aliphatic carbocycles. The summed E-state index contributed by atoms with van der Waals surface area (Å²) in [5.41, 5.74) is 13.2. The van der Waals surface area contributed by atoms with Crippen LogP contribution in [0.1, 0.15) is 22.3 Å². The molecule has 1 aliphatic heterocycles. The molecule has 4 nitrogen and oxygen atoms in total. The Bertz CT molecular complexity index is 2990. The van der Waals surface area contributed by atoms with E-state index in [1.54, 1.807) is 0 Å². The Morgan fingerprint density at radius 3 is 1.45 bits per heavy atom. The number of fused-ring (bicyclic) bond motifs is 5. The van der Waals surface area contributed by atoms with Crippen molar-refractivity contribution in [3.05, 3.63) is 229 Å². The standard InChI is InChI=1S/C52H34N4/c1-5-16-35(17-6-1)39-30-33-46-43(34-39)42-24-15-26-45-48(42)56(46)47-27-14-13-25-44(47)52(45,40-22-11-4-12-23-40)41-31-28-38(29-32-41)51-54-49(36-18-7-2-8-19-36)53-50(55-51)37-20-9-3-10-21-37/h1-34H. The third-order valence-corrected chi connectivity index (χ3v) is 11.3. The number of aromatic nitrogens is 4. The summed E-state index contributed by atoms with van der Waals surface area (Å²) in [5.74, 6) is 1.93. The normalized spacial score (nSPS) is 14.5. The highest BCUT2D eigenvalue weighted by atomic mass is 15.0. The summed E-state index contributed by atoms with van der Waals surface area (Å²) in [7, 11) is 0. The van der Waals surface area contributed by atoms with E-state index in [4.69, 9.17) is 15.0 Å². The van der Waals surface area contributed by atoms with Gasteiger partial charge >= 0.3 is 0 Å². The van der Waals surface area contributed by atoms with Gasteiger partial charge in [-0.1, -0.05) is 188 Å². The molecule has 0 amide bonds. The molecule has 262 valence electrons. The molecule has 11 rings (SSSR count). The van der Waals surface area contributed by atoms with Crippen LogP contribution in [-0.2, 0) is 5.41 Å². The first-order valence-electron chi connectivity index (χ1n) is 19.0. The quantitative estimate of drug-likeness (QED) is 0.172. The molecule has 0 N–H and O–H groups in total. The summed E-state index contributed by atoms with van der Waals surface area (Å²) in [6.07, 6.45) is 0. The van der Waals surface area contributed by atoms with Gasteiger partial charge in [-0.05, 0) is 51.6 Å². The highest BCUT2D eigenvalue weighted by Gasteiger charge is 2.45. The van der Waals surface area contributed by atoms with Crippen LogP contribution < -0.4 is 0 Å². The van der Waals surface area contributed by atoms with Crippen LogP contribution in [0.5, 0.6) is 0 Å². The first-order valence-corrected chi connectivity index (χ1v) is 19.0. The van der Waals surface area contributed by atoms with Gasteiger partial charge in [0.05, 0.1) is 22.1 Å². The zero-order valence-electron chi connectivity index (χ0n) is 30.4. The SMILES string of the molecule is c1ccc(-c2ccc3c(c2)c2cccc4c2n3-c2ccccc2C4(c2ccccc2)c2ccc(-c3nc(-c4ccccc4)nc(-c4ccccc4)n3)cc2)cc1. The van der Waals surface area contributed by atoms with Crippen molar-refractivity contribution in [2.24, 2.45) is 0 Å². The zero-order chi connectivity index (χ0) is 37.1. The van der Waals surface area contributed by atoms with Crippen molar-refractivity contribution < 1.29 is 0 Å². The lowest BCUT2D eigenvalue weighted by atomic mass is 9.63. The highest BCUT2D eigenvalue weighted by Crippen LogP contribution is 2.54. The summed E-state index contributed by atoms with van der Waals surface area (Å²) in [5, 5.41) is 2.49. The molecule has 0 saturated carbocycles. The predicted molar refractivity (Wildman–Crippen MR) is 228 cm³/mol. The van der Waals surface area contributed by atoms with Gasteiger partial charge in [-0.15, -0.1) is 0 Å². The van der Waals surface area contributed by atoms with Crippen molar-refractivity contribution >= 4 is 21.8 Å². The molecule has 1 atom stereocenters. The Balaban J connectivity index is 1.15. The molecule has 56 heavy (non-hydrogen) atoms. The first-order chi connectivity index (χ1) is 27.8. The largest absolute Gasteiger partial charge is 0.309 e. The van der Waals surface area contributed by atoms with Crippen LogP contribution in [0.15, 0.2) is 206 Å². The van der Waals surface area contributed by atoms with Gasteiger partial charge in [0.25, 0.3) is 0 Å². The van der Waals surface area contributed by atoms with Gasteiger partial charge in [0.2, 0.25) is 0 Å². The smallest absolute Gasteiger partial charge is 0.164 e. The summed E-state index contributed by atoms with van der Waals surface area (Å²) in [6.45, 7) is 0. The lowest BCUT2D eigenvalue weighted by Gasteiger charge is -2.41. The minimum Gasteiger partial charge on any atom is -0.309 e. The predicted octanol–water partition coefficient (Wildman–Crippen LogP) is 12.3. The Kier molecular flexibility index (Phi) is 7.36. The Morgan fingerprint density at radius 2 is 0.821 bits per heavy atom. The second kappa shape index (κ2) is 12.9. The van der Waals surface area contributed by atoms with Crippen molar-refractivity contribution in [3.8, 4) is 51.0 Å². The lowest BCUT2D eigenvalue weighted by Crippen LogP contribution is -2.35. The fourth-order valence-electron chi connectivity index (χ4n) is 8.85. The maximum atomic E-state index is 5.04. The molecule has 1 unspecified atom stereocenters. The minimum absolute atomic E-state index is 0.605. The van der Waals surface area contributed by atoms with E-state index in [2.05, 4.69) is 150 Å². The summed E-state index contributed by atoms with van der Waals surface area (Å²) in [6, 6.07) is 73.5. The molecule has 0 saturated heterocycles. The van der Waals surface area contributed by atoms with E-state index in [0.717, 1.165) is 16.7 Å². The van der Waals surface area contributed by atoms with Gasteiger partial charge in [0.1, 0.15) is 0 Å². The van der Waals surface area contributed by atoms with Gasteiger partial charge in [0.15, 0.2) is 17.5 Å². The number of hydrogen-bond donors (Lipinski definition) is 0. The molecular weight excluding hydrogens is 681 g/mol. The number of benzene rings is 8. The first kappa shape index (κ1) is 32.0. The van der Waals surface area contributed by atoms with E-state index >= 15 is 0 Å². The average molecular weight is 715 g/mol. The molecule has 1 aliphatic rings. The van der Waals surface area contributed by atoms with Crippen molar-refractivity contribution in [3.63, 3.8) is 0 Å². The molecule has 4 heteroatoms. The van der Waals surface area contributed by atoms with Gasteiger partial charge in [-0.25, -0.2) is 15.0 Å². The van der Waals surface area contributed by atoms with Gasteiger partial charge < -0.3 is 4.57 Å². The molecule has 2 aromatic heterocycles. The second-order valence-corrected chi connectivity index (χ2v) is 14.4. The van der Waals surface area contributed by atoms with Crippen molar-refractivity contribution in [2.75, 3.05) is 0 Å². The molecule has 8 aromatic carbocycles. The summed E-state index contributed by atoms with van der Waals surface area (Å²) in [4.78, 5) is 15.0. The fourth-order valence-corrected chi connectivity index (χ4v) is 8.85. The number of hydrogen-bond acceptors (Lipinski definition) is 3. The van der Waals surface area contributed by atoms with Crippen molar-refractivity contribution in [1.82, 2.24) is 19.5 Å². The zero-order valence-corrected chi connectivity index (χ0v) is 30.4. The maximum absolute atomic E-state index is 5.04. The Labute approximate surface area is 325 Å². The number of rotatable bonds is 6. The van der Waals surface area contributed by atoms with Crippen LogP contribution in [0.3, 0.4) is 0 Å². The van der Waals surface area contributed by atoms with Crippen LogP contribution in [0.2, 0.25) is 0 Å². The molecule has 3 heterocycles. The molecule has 0 spiro atoms. The summed E-state index contributed by atoms with van der Waals surface area (Å²) < 4.78 is 2.49. The highest BCUT2D eigenvalue weighted by molar-refractivity contribution is 6.13. The van der Waals surface area contributed by atoms with Gasteiger partial charge in [-0.2, -0.15) is 0 Å². The average Bonchev–Trinajstić information content (AvgIpc) is 3.62. The topological polar surface area (TPSA) is 43.6 Å². The number of nitrogens with zero attached hydrogens (tertiary/aromatic N) is 4. The Hall–Kier alpha value is -7.43. The van der Waals surface area contributed by atoms with Gasteiger partial charge in [0, 0.05) is 27.5 Å². The number of para-hydroxylation sites is 2. The van der Waals surface area contributed by atoms with Crippen molar-refractivity contribution in [1.29, 1.82) is 0 Å². The third kappa shape index (κ3) is 4.89. The van der Waals surface area contributed by atoms with E-state index in [-0.39, 0.29) is 0 Å². The van der Waals surface area contributed by atoms with Crippen LogP contribution in [-0.4, -0.2) is 19.5 Å². The molecular formula is C52H34N4. The monoisotopic (exact) mass is 714 g/mol. The van der Waals surface area contributed by atoms with E-state index in [1.165, 1.54) is 60.9 Å². The van der Waals surface area contributed by atoms with Crippen LogP contribution in [0.4, 0.5) is 0 Å². The third-order valence-electron chi connectivity index (χ3n) is 11.3. The van der Waals surface area contributed by atoms with E-state index in [1.807, 2.05) is 60.7 Å². The van der Waals surface area contributed by atoms with E-state index in [0.29, 0.717) is 17.5 Å². The molecule has 0 fully saturated rings. The van der Waals surface area contributed by atoms with Crippen molar-refractivity contribution in [2.45, 2.75) is 5.41 Å². The van der Waals surface area contributed by atoms with Crippen LogP contribution in [0, 0.1) is 0 Å². The molecule has 0 bridgehead atoms. The van der Waals surface area contributed by atoms with Crippen LogP contribution >= 0.6 is 0 Å². The van der Waals surface area contributed by atoms with Gasteiger partial charge in [-0.3, -0.25) is 0 Å². The summed E-state index contributed by atoms with van der Waals surface area (Å²) >= 11 is 0. The minimum atomic E-state index is -0.605. The maximum Gasteiger partial charge on any atom is 0.164 e. The van der Waals surface area contributed by atoms with E-state index in [9.17, 15) is 0 Å².